The summed E-state index contributed by atoms with van der Waals surface area (Å²) in [6, 6.07) is 7.52. The predicted molar refractivity (Wildman–Crippen MR) is 79.7 cm³/mol. The summed E-state index contributed by atoms with van der Waals surface area (Å²) in [6.07, 6.45) is 3.43. The largest absolute Gasteiger partial charge is 0.330 e. The molecule has 1 aromatic heterocycles. The molecule has 0 saturated heterocycles. The molecule has 3 N–H and O–H groups in total. The van der Waals surface area contributed by atoms with Crippen molar-refractivity contribution in [2.75, 3.05) is 11.9 Å². The number of amides is 1. The van der Waals surface area contributed by atoms with Gasteiger partial charge in [0.15, 0.2) is 0 Å². The van der Waals surface area contributed by atoms with Gasteiger partial charge in [0, 0.05) is 18.8 Å². The summed E-state index contributed by atoms with van der Waals surface area (Å²) >= 11 is 0. The Labute approximate surface area is 118 Å². The van der Waals surface area contributed by atoms with Crippen LogP contribution in [0.1, 0.15) is 28.5 Å². The zero-order chi connectivity index (χ0) is 14.5. The number of carbonyl (C=O) groups is 1. The van der Waals surface area contributed by atoms with Crippen LogP contribution in [0, 0.1) is 0 Å². The van der Waals surface area contributed by atoms with Gasteiger partial charge in [-0.25, -0.2) is 0 Å². The number of rotatable bonds is 5. The highest BCUT2D eigenvalue weighted by Gasteiger charge is 2.11. The fourth-order valence-electron chi connectivity index (χ4n) is 2.08. The van der Waals surface area contributed by atoms with E-state index >= 15 is 0 Å². The molecule has 0 atom stereocenters. The van der Waals surface area contributed by atoms with Crippen LogP contribution in [0.3, 0.4) is 0 Å². The van der Waals surface area contributed by atoms with Crippen molar-refractivity contribution in [3.05, 3.63) is 47.3 Å². The lowest BCUT2D eigenvalue weighted by atomic mass is 10.1. The van der Waals surface area contributed by atoms with Crippen molar-refractivity contribution in [3.8, 4) is 0 Å². The first-order chi connectivity index (χ1) is 9.63. The van der Waals surface area contributed by atoms with Crippen LogP contribution in [0.2, 0.25) is 0 Å². The summed E-state index contributed by atoms with van der Waals surface area (Å²) in [6.45, 7) is 2.63. The van der Waals surface area contributed by atoms with Crippen molar-refractivity contribution in [1.29, 1.82) is 0 Å². The minimum Gasteiger partial charge on any atom is -0.330 e. The van der Waals surface area contributed by atoms with Gasteiger partial charge in [0.05, 0.1) is 11.4 Å². The molecule has 0 radical (unpaired) electrons. The molecular weight excluding hydrogens is 252 g/mol. The molecule has 0 aliphatic carbocycles. The van der Waals surface area contributed by atoms with Gasteiger partial charge in [-0.3, -0.25) is 9.48 Å². The number of nitrogens with one attached hydrogen (secondary N) is 1. The third-order valence-electron chi connectivity index (χ3n) is 3.14. The Hall–Kier alpha value is -2.14. The van der Waals surface area contributed by atoms with Gasteiger partial charge < -0.3 is 11.1 Å². The van der Waals surface area contributed by atoms with Gasteiger partial charge >= 0.3 is 0 Å². The molecule has 1 aromatic carbocycles. The molecule has 0 bridgehead atoms. The van der Waals surface area contributed by atoms with Crippen LogP contribution in [0.15, 0.2) is 30.5 Å². The summed E-state index contributed by atoms with van der Waals surface area (Å²) in [5.74, 6) is -0.119. The number of nitrogens with two attached hydrogens (primary N) is 1. The molecule has 0 saturated carbocycles. The third kappa shape index (κ3) is 3.24. The highest BCUT2D eigenvalue weighted by molar-refractivity contribution is 6.04. The molecule has 5 heteroatoms. The van der Waals surface area contributed by atoms with Gasteiger partial charge in [-0.05, 0) is 37.1 Å². The lowest BCUT2D eigenvalue weighted by Gasteiger charge is -2.05. The van der Waals surface area contributed by atoms with E-state index in [1.54, 1.807) is 4.68 Å². The van der Waals surface area contributed by atoms with E-state index in [4.69, 9.17) is 5.73 Å². The van der Waals surface area contributed by atoms with E-state index in [1.165, 1.54) is 0 Å². The number of aromatic nitrogens is 2. The maximum Gasteiger partial charge on any atom is 0.255 e. The van der Waals surface area contributed by atoms with Gasteiger partial charge in [0.25, 0.3) is 5.91 Å². The number of carbonyl (C=O) groups excluding carboxylic acids is 1. The molecule has 106 valence electrons. The summed E-state index contributed by atoms with van der Waals surface area (Å²) in [4.78, 5) is 12.2. The van der Waals surface area contributed by atoms with Crippen molar-refractivity contribution in [3.63, 3.8) is 0 Å². The average Bonchev–Trinajstić information content (AvgIpc) is 2.80. The molecule has 2 rings (SSSR count). The molecule has 5 nitrogen and oxygen atoms in total. The maximum atomic E-state index is 12.2. The van der Waals surface area contributed by atoms with Gasteiger partial charge in [0.1, 0.15) is 0 Å². The standard InChI is InChI=1S/C15H20N4O/c1-3-13-14(10-19(2)18-13)17-15(20)12-6-4-11(5-7-12)8-9-16/h4-7,10H,3,8-9,16H2,1-2H3,(H,17,20). The van der Waals surface area contributed by atoms with Crippen molar-refractivity contribution < 1.29 is 4.79 Å². The number of nitrogens with zero attached hydrogens (tertiary/aromatic N) is 2. The number of aryl methyl sites for hydroxylation is 2. The molecule has 20 heavy (non-hydrogen) atoms. The maximum absolute atomic E-state index is 12.2. The van der Waals surface area contributed by atoms with Crippen LogP contribution in [-0.4, -0.2) is 22.2 Å². The fraction of sp³-hybridized carbons (Fsp3) is 0.333. The molecule has 1 heterocycles. The minimum atomic E-state index is -0.119. The number of hydrogen-bond donors (Lipinski definition) is 2. The normalized spacial score (nSPS) is 10.6. The van der Waals surface area contributed by atoms with Gasteiger partial charge in [0.2, 0.25) is 0 Å². The Morgan fingerprint density at radius 3 is 2.65 bits per heavy atom. The Bertz CT molecular complexity index is 586. The highest BCUT2D eigenvalue weighted by Crippen LogP contribution is 2.15. The lowest BCUT2D eigenvalue weighted by Crippen LogP contribution is -2.12. The first kappa shape index (κ1) is 14.3. The molecule has 1 amide bonds. The first-order valence-electron chi connectivity index (χ1n) is 6.77. The Morgan fingerprint density at radius 1 is 1.35 bits per heavy atom. The second-order valence-corrected chi connectivity index (χ2v) is 4.71. The highest BCUT2D eigenvalue weighted by atomic mass is 16.1. The molecule has 0 aliphatic heterocycles. The van der Waals surface area contributed by atoms with Crippen LogP contribution in [0.4, 0.5) is 5.69 Å². The van der Waals surface area contributed by atoms with Crippen LogP contribution >= 0.6 is 0 Å². The van der Waals surface area contributed by atoms with E-state index in [-0.39, 0.29) is 5.91 Å². The van der Waals surface area contributed by atoms with Gasteiger partial charge in [-0.2, -0.15) is 5.10 Å². The van der Waals surface area contributed by atoms with Crippen molar-refractivity contribution in [2.45, 2.75) is 19.8 Å². The molecular formula is C15H20N4O. The van der Waals surface area contributed by atoms with E-state index < -0.39 is 0 Å². The van der Waals surface area contributed by atoms with Crippen LogP contribution < -0.4 is 11.1 Å². The van der Waals surface area contributed by atoms with Crippen LogP contribution in [0.5, 0.6) is 0 Å². The van der Waals surface area contributed by atoms with Crippen molar-refractivity contribution in [2.24, 2.45) is 12.8 Å². The number of benzene rings is 1. The number of anilines is 1. The van der Waals surface area contributed by atoms with E-state index in [2.05, 4.69) is 10.4 Å². The van der Waals surface area contributed by atoms with Gasteiger partial charge in [-0.15, -0.1) is 0 Å². The Kier molecular flexibility index (Phi) is 4.53. The van der Waals surface area contributed by atoms with E-state index in [0.717, 1.165) is 29.8 Å². The Morgan fingerprint density at radius 2 is 2.05 bits per heavy atom. The van der Waals surface area contributed by atoms with Crippen LogP contribution in [0.25, 0.3) is 0 Å². The van der Waals surface area contributed by atoms with Crippen molar-refractivity contribution in [1.82, 2.24) is 9.78 Å². The Balaban J connectivity index is 2.11. The van der Waals surface area contributed by atoms with Crippen LogP contribution in [-0.2, 0) is 19.9 Å². The zero-order valence-corrected chi connectivity index (χ0v) is 11.9. The summed E-state index contributed by atoms with van der Waals surface area (Å²) in [5, 5.41) is 7.21. The second-order valence-electron chi connectivity index (χ2n) is 4.71. The minimum absolute atomic E-state index is 0.119. The smallest absolute Gasteiger partial charge is 0.255 e. The summed E-state index contributed by atoms with van der Waals surface area (Å²) in [5.41, 5.74) is 8.94. The van der Waals surface area contributed by atoms with Crippen molar-refractivity contribution >= 4 is 11.6 Å². The van der Waals surface area contributed by atoms with Gasteiger partial charge in [-0.1, -0.05) is 19.1 Å². The second kappa shape index (κ2) is 6.34. The zero-order valence-electron chi connectivity index (χ0n) is 11.9. The predicted octanol–water partition coefficient (Wildman–Crippen LogP) is 1.74. The quantitative estimate of drug-likeness (QED) is 0.870. The number of hydrogen-bond acceptors (Lipinski definition) is 3. The van der Waals surface area contributed by atoms with E-state index in [1.807, 2.05) is 44.4 Å². The topological polar surface area (TPSA) is 72.9 Å². The summed E-state index contributed by atoms with van der Waals surface area (Å²) in [7, 11) is 1.84. The SMILES string of the molecule is CCc1nn(C)cc1NC(=O)c1ccc(CCN)cc1. The first-order valence-corrected chi connectivity index (χ1v) is 6.77. The molecule has 0 unspecified atom stereocenters. The molecule has 0 aliphatic rings. The third-order valence-corrected chi connectivity index (χ3v) is 3.14. The lowest BCUT2D eigenvalue weighted by molar-refractivity contribution is 0.102. The molecule has 2 aromatic rings. The average molecular weight is 272 g/mol. The van der Waals surface area contributed by atoms with E-state index in [9.17, 15) is 4.79 Å². The molecule has 0 spiro atoms. The monoisotopic (exact) mass is 272 g/mol. The molecule has 0 fully saturated rings. The fourth-order valence-corrected chi connectivity index (χ4v) is 2.08. The van der Waals surface area contributed by atoms with E-state index in [0.29, 0.717) is 12.1 Å². The summed E-state index contributed by atoms with van der Waals surface area (Å²) < 4.78 is 1.71.